The fourth-order valence-electron chi connectivity index (χ4n) is 2.34. The van der Waals surface area contributed by atoms with E-state index in [4.69, 9.17) is 5.73 Å². The van der Waals surface area contributed by atoms with Crippen LogP contribution in [-0.2, 0) is 0 Å². The van der Waals surface area contributed by atoms with E-state index in [1.54, 1.807) is 60.7 Å². The van der Waals surface area contributed by atoms with Gasteiger partial charge in [0.05, 0.1) is 0 Å². The lowest BCUT2D eigenvalue weighted by Crippen LogP contribution is -2.12. The van der Waals surface area contributed by atoms with Crippen LogP contribution in [-0.4, -0.2) is 11.7 Å². The number of nitrogen functional groups attached to an aromatic ring is 1. The maximum Gasteiger partial charge on any atom is 0.255 e. The van der Waals surface area contributed by atoms with Crippen LogP contribution in [0.3, 0.4) is 0 Å². The third-order valence-corrected chi connectivity index (χ3v) is 3.59. The highest BCUT2D eigenvalue weighted by molar-refractivity contribution is 6.09. The second-order valence-electron chi connectivity index (χ2n) is 5.35. The molecule has 0 aliphatic heterocycles. The molecule has 3 rings (SSSR count). The highest BCUT2D eigenvalue weighted by atomic mass is 16.1. The SMILES string of the molecule is Nc1cccc(C(=O)Nc2ccc(C(=O)c3ccccc3)cc2)c1. The van der Waals surface area contributed by atoms with E-state index in [9.17, 15) is 9.59 Å². The van der Waals surface area contributed by atoms with Gasteiger partial charge in [-0.05, 0) is 42.5 Å². The van der Waals surface area contributed by atoms with Crippen molar-refractivity contribution in [2.75, 3.05) is 11.1 Å². The number of nitrogens with two attached hydrogens (primary N) is 1. The molecule has 4 nitrogen and oxygen atoms in total. The lowest BCUT2D eigenvalue weighted by molar-refractivity contribution is 0.102. The summed E-state index contributed by atoms with van der Waals surface area (Å²) in [5.74, 6) is -0.297. The predicted octanol–water partition coefficient (Wildman–Crippen LogP) is 3.75. The van der Waals surface area contributed by atoms with Crippen LogP contribution >= 0.6 is 0 Å². The standard InChI is InChI=1S/C20H16N2O2/c21-17-8-4-7-16(13-17)20(24)22-18-11-9-15(10-12-18)19(23)14-5-2-1-3-6-14/h1-13H,21H2,(H,22,24). The summed E-state index contributed by atoms with van der Waals surface area (Å²) in [5, 5.41) is 2.79. The van der Waals surface area contributed by atoms with Crippen molar-refractivity contribution in [2.45, 2.75) is 0 Å². The first-order chi connectivity index (χ1) is 11.6. The average Bonchev–Trinajstić information content (AvgIpc) is 2.62. The van der Waals surface area contributed by atoms with Gasteiger partial charge in [0.25, 0.3) is 5.91 Å². The molecule has 0 aliphatic carbocycles. The zero-order valence-corrected chi connectivity index (χ0v) is 12.9. The number of anilines is 2. The number of ketones is 1. The molecule has 3 N–H and O–H groups in total. The largest absolute Gasteiger partial charge is 0.399 e. The van der Waals surface area contributed by atoms with Gasteiger partial charge in [-0.1, -0.05) is 36.4 Å². The molecule has 0 aromatic heterocycles. The summed E-state index contributed by atoms with van der Waals surface area (Å²) in [5.41, 5.74) is 8.52. The van der Waals surface area contributed by atoms with Gasteiger partial charge in [0.2, 0.25) is 0 Å². The fourth-order valence-corrected chi connectivity index (χ4v) is 2.34. The van der Waals surface area contributed by atoms with Crippen molar-refractivity contribution in [3.63, 3.8) is 0 Å². The Balaban J connectivity index is 1.73. The van der Waals surface area contributed by atoms with Gasteiger partial charge in [-0.3, -0.25) is 9.59 Å². The maximum absolute atomic E-state index is 12.3. The van der Waals surface area contributed by atoms with Crippen LogP contribution in [0.1, 0.15) is 26.3 Å². The summed E-state index contributed by atoms with van der Waals surface area (Å²) < 4.78 is 0. The van der Waals surface area contributed by atoms with Crippen LogP contribution in [0.2, 0.25) is 0 Å². The molecule has 0 fully saturated rings. The molecule has 3 aromatic rings. The Morgan fingerprint density at radius 1 is 0.708 bits per heavy atom. The minimum Gasteiger partial charge on any atom is -0.399 e. The van der Waals surface area contributed by atoms with Gasteiger partial charge < -0.3 is 11.1 Å². The van der Waals surface area contributed by atoms with E-state index < -0.39 is 0 Å². The molecule has 3 aromatic carbocycles. The zero-order chi connectivity index (χ0) is 16.9. The topological polar surface area (TPSA) is 72.2 Å². The van der Waals surface area contributed by atoms with Crippen molar-refractivity contribution in [1.29, 1.82) is 0 Å². The first-order valence-electron chi connectivity index (χ1n) is 7.50. The quantitative estimate of drug-likeness (QED) is 0.569. The van der Waals surface area contributed by atoms with Crippen LogP contribution in [0.5, 0.6) is 0 Å². The Morgan fingerprint density at radius 3 is 2.00 bits per heavy atom. The Morgan fingerprint density at radius 2 is 1.33 bits per heavy atom. The Bertz CT molecular complexity index is 872. The van der Waals surface area contributed by atoms with Crippen molar-refractivity contribution in [3.8, 4) is 0 Å². The number of amides is 1. The van der Waals surface area contributed by atoms with Crippen LogP contribution < -0.4 is 11.1 Å². The number of carbonyl (C=O) groups is 2. The molecule has 1 amide bonds. The second-order valence-corrected chi connectivity index (χ2v) is 5.35. The molecule has 118 valence electrons. The molecule has 0 saturated heterocycles. The molecule has 0 radical (unpaired) electrons. The smallest absolute Gasteiger partial charge is 0.255 e. The third-order valence-electron chi connectivity index (χ3n) is 3.59. The third kappa shape index (κ3) is 3.50. The normalized spacial score (nSPS) is 10.2. The number of rotatable bonds is 4. The van der Waals surface area contributed by atoms with Gasteiger partial charge >= 0.3 is 0 Å². The molecule has 0 bridgehead atoms. The van der Waals surface area contributed by atoms with E-state index in [2.05, 4.69) is 5.32 Å². The Labute approximate surface area is 139 Å². The summed E-state index contributed by atoms with van der Waals surface area (Å²) in [6, 6.07) is 22.6. The van der Waals surface area contributed by atoms with E-state index in [1.807, 2.05) is 18.2 Å². The van der Waals surface area contributed by atoms with Crippen LogP contribution in [0.15, 0.2) is 78.9 Å². The first-order valence-corrected chi connectivity index (χ1v) is 7.50. The van der Waals surface area contributed by atoms with Gasteiger partial charge in [-0.25, -0.2) is 0 Å². The van der Waals surface area contributed by atoms with Crippen LogP contribution in [0.25, 0.3) is 0 Å². The van der Waals surface area contributed by atoms with E-state index in [0.717, 1.165) is 0 Å². The second kappa shape index (κ2) is 6.79. The van der Waals surface area contributed by atoms with E-state index in [0.29, 0.717) is 28.1 Å². The van der Waals surface area contributed by atoms with E-state index in [1.165, 1.54) is 0 Å². The lowest BCUT2D eigenvalue weighted by atomic mass is 10.0. The molecule has 0 saturated carbocycles. The van der Waals surface area contributed by atoms with Crippen molar-refractivity contribution in [2.24, 2.45) is 0 Å². The molecular weight excluding hydrogens is 300 g/mol. The number of nitrogens with one attached hydrogen (secondary N) is 1. The zero-order valence-electron chi connectivity index (χ0n) is 12.9. The van der Waals surface area contributed by atoms with Gasteiger partial charge in [0.1, 0.15) is 0 Å². The molecule has 0 atom stereocenters. The molecular formula is C20H16N2O2. The van der Waals surface area contributed by atoms with Crippen molar-refractivity contribution in [1.82, 2.24) is 0 Å². The van der Waals surface area contributed by atoms with Crippen molar-refractivity contribution in [3.05, 3.63) is 95.6 Å². The summed E-state index contributed by atoms with van der Waals surface area (Å²) in [6.07, 6.45) is 0. The highest BCUT2D eigenvalue weighted by Gasteiger charge is 2.10. The fraction of sp³-hybridized carbons (Fsp3) is 0. The number of benzene rings is 3. The summed E-state index contributed by atoms with van der Waals surface area (Å²) in [7, 11) is 0. The minimum absolute atomic E-state index is 0.0516. The highest BCUT2D eigenvalue weighted by Crippen LogP contribution is 2.15. The van der Waals surface area contributed by atoms with Gasteiger partial charge in [-0.15, -0.1) is 0 Å². The Kier molecular flexibility index (Phi) is 4.38. The average molecular weight is 316 g/mol. The van der Waals surface area contributed by atoms with Crippen LogP contribution in [0, 0.1) is 0 Å². The van der Waals surface area contributed by atoms with Gasteiger partial charge in [-0.2, -0.15) is 0 Å². The summed E-state index contributed by atoms with van der Waals surface area (Å²) >= 11 is 0. The molecule has 0 heterocycles. The number of hydrogen-bond donors (Lipinski definition) is 2. The molecule has 24 heavy (non-hydrogen) atoms. The molecule has 4 heteroatoms. The number of carbonyl (C=O) groups excluding carboxylic acids is 2. The summed E-state index contributed by atoms with van der Waals surface area (Å²) in [4.78, 5) is 24.5. The monoisotopic (exact) mass is 316 g/mol. The minimum atomic E-state index is -0.246. The molecule has 0 unspecified atom stereocenters. The van der Waals surface area contributed by atoms with Gasteiger partial charge in [0.15, 0.2) is 5.78 Å². The molecule has 0 spiro atoms. The number of hydrogen-bond acceptors (Lipinski definition) is 3. The Hall–Kier alpha value is -3.40. The van der Waals surface area contributed by atoms with Gasteiger partial charge in [0, 0.05) is 28.1 Å². The van der Waals surface area contributed by atoms with Crippen molar-refractivity contribution < 1.29 is 9.59 Å². The maximum atomic E-state index is 12.3. The van der Waals surface area contributed by atoms with E-state index in [-0.39, 0.29) is 11.7 Å². The molecule has 0 aliphatic rings. The van der Waals surface area contributed by atoms with Crippen LogP contribution in [0.4, 0.5) is 11.4 Å². The lowest BCUT2D eigenvalue weighted by Gasteiger charge is -2.07. The first kappa shape index (κ1) is 15.5. The predicted molar refractivity (Wildman–Crippen MR) is 95.1 cm³/mol. The summed E-state index contributed by atoms with van der Waals surface area (Å²) in [6.45, 7) is 0. The van der Waals surface area contributed by atoms with E-state index >= 15 is 0 Å². The van der Waals surface area contributed by atoms with Crippen molar-refractivity contribution >= 4 is 23.1 Å².